The predicted molar refractivity (Wildman–Crippen MR) is 132 cm³/mol. The van der Waals surface area contributed by atoms with Crippen molar-refractivity contribution in [1.82, 2.24) is 15.3 Å². The number of hydrogen-bond donors (Lipinski definition) is 2. The Kier molecular flexibility index (Phi) is 7.40. The van der Waals surface area contributed by atoms with Crippen LogP contribution in [0.5, 0.6) is 5.88 Å². The lowest BCUT2D eigenvalue weighted by atomic mass is 10.0. The molecule has 0 amide bonds. The van der Waals surface area contributed by atoms with Crippen molar-refractivity contribution in [1.29, 1.82) is 0 Å². The molecular formula is C26H27ClN4O2. The monoisotopic (exact) mass is 462 g/mol. The van der Waals surface area contributed by atoms with Gasteiger partial charge in [0.2, 0.25) is 5.88 Å². The molecule has 3 heterocycles. The lowest BCUT2D eigenvalue weighted by Gasteiger charge is -2.23. The fourth-order valence-electron chi connectivity index (χ4n) is 3.97. The van der Waals surface area contributed by atoms with Crippen LogP contribution >= 0.6 is 12.4 Å². The van der Waals surface area contributed by atoms with E-state index in [1.807, 2.05) is 30.3 Å². The molecule has 1 saturated heterocycles. The predicted octanol–water partition coefficient (Wildman–Crippen LogP) is 5.08. The van der Waals surface area contributed by atoms with E-state index >= 15 is 0 Å². The number of ether oxygens (including phenoxy) is 1. The van der Waals surface area contributed by atoms with Crippen molar-refractivity contribution in [2.24, 2.45) is 5.73 Å². The molecule has 3 N–H and O–H groups in total. The molecule has 1 fully saturated rings. The van der Waals surface area contributed by atoms with Crippen molar-refractivity contribution in [3.8, 4) is 39.5 Å². The van der Waals surface area contributed by atoms with Crippen LogP contribution in [-0.4, -0.2) is 29.2 Å². The number of nitrogens with one attached hydrogen (secondary N) is 1. The number of aromatic nitrogens is 2. The normalized spacial score (nSPS) is 14.0. The molecule has 0 bridgehead atoms. The van der Waals surface area contributed by atoms with Crippen LogP contribution in [0.4, 0.5) is 0 Å². The maximum Gasteiger partial charge on any atom is 0.233 e. The quantitative estimate of drug-likeness (QED) is 0.415. The van der Waals surface area contributed by atoms with Gasteiger partial charge in [0.25, 0.3) is 0 Å². The average Bonchev–Trinajstić information content (AvgIpc) is 3.40. The molecule has 1 aliphatic heterocycles. The first kappa shape index (κ1) is 23.0. The summed E-state index contributed by atoms with van der Waals surface area (Å²) < 4.78 is 11.4. The van der Waals surface area contributed by atoms with E-state index in [4.69, 9.17) is 24.9 Å². The molecule has 0 atom stereocenters. The fourth-order valence-corrected chi connectivity index (χ4v) is 3.97. The maximum atomic E-state index is 6.18. The van der Waals surface area contributed by atoms with Crippen LogP contribution < -0.4 is 15.8 Å². The molecule has 2 aromatic heterocycles. The smallest absolute Gasteiger partial charge is 0.233 e. The van der Waals surface area contributed by atoms with E-state index in [-0.39, 0.29) is 18.5 Å². The van der Waals surface area contributed by atoms with Gasteiger partial charge in [0.15, 0.2) is 0 Å². The molecule has 4 aromatic rings. The molecule has 0 radical (unpaired) electrons. The zero-order chi connectivity index (χ0) is 21.8. The van der Waals surface area contributed by atoms with Crippen LogP contribution in [0, 0.1) is 0 Å². The number of nitrogens with zero attached hydrogens (tertiary/aromatic N) is 2. The number of nitrogens with two attached hydrogens (primary N) is 1. The van der Waals surface area contributed by atoms with Gasteiger partial charge in [-0.3, -0.25) is 0 Å². The molecule has 170 valence electrons. The van der Waals surface area contributed by atoms with Crippen LogP contribution in [0.15, 0.2) is 77.7 Å². The summed E-state index contributed by atoms with van der Waals surface area (Å²) in [5, 5.41) is 3.36. The Labute approximate surface area is 199 Å². The summed E-state index contributed by atoms with van der Waals surface area (Å²) in [6, 6.07) is 18.4. The van der Waals surface area contributed by atoms with Gasteiger partial charge in [0, 0.05) is 23.2 Å². The van der Waals surface area contributed by atoms with Gasteiger partial charge in [-0.25, -0.2) is 9.97 Å². The molecule has 2 aromatic carbocycles. The van der Waals surface area contributed by atoms with Gasteiger partial charge in [-0.1, -0.05) is 48.5 Å². The summed E-state index contributed by atoms with van der Waals surface area (Å²) in [5.41, 5.74) is 12.6. The van der Waals surface area contributed by atoms with Crippen LogP contribution in [-0.2, 0) is 6.54 Å². The van der Waals surface area contributed by atoms with Gasteiger partial charge in [-0.15, -0.1) is 12.4 Å². The van der Waals surface area contributed by atoms with Crippen molar-refractivity contribution in [2.45, 2.75) is 25.5 Å². The van der Waals surface area contributed by atoms with Crippen LogP contribution in [0.3, 0.4) is 0 Å². The Morgan fingerprint density at radius 1 is 0.879 bits per heavy atom. The lowest BCUT2D eigenvalue weighted by Crippen LogP contribution is -2.34. The third kappa shape index (κ3) is 5.25. The highest BCUT2D eigenvalue weighted by Gasteiger charge is 2.18. The van der Waals surface area contributed by atoms with Crippen molar-refractivity contribution >= 4 is 12.4 Å². The minimum atomic E-state index is 0. The van der Waals surface area contributed by atoms with Crippen molar-refractivity contribution in [2.75, 3.05) is 13.1 Å². The summed E-state index contributed by atoms with van der Waals surface area (Å²) in [6.07, 6.45) is 7.26. The number of benzene rings is 2. The van der Waals surface area contributed by atoms with E-state index in [9.17, 15) is 0 Å². The fraction of sp³-hybridized carbons (Fsp3) is 0.231. The van der Waals surface area contributed by atoms with Gasteiger partial charge in [0.1, 0.15) is 11.8 Å². The summed E-state index contributed by atoms with van der Waals surface area (Å²) in [5.74, 6) is 0.563. The van der Waals surface area contributed by atoms with Gasteiger partial charge >= 0.3 is 0 Å². The van der Waals surface area contributed by atoms with Crippen molar-refractivity contribution in [3.63, 3.8) is 0 Å². The molecule has 5 rings (SSSR count). The van der Waals surface area contributed by atoms with E-state index in [2.05, 4.69) is 29.6 Å². The van der Waals surface area contributed by atoms with Gasteiger partial charge in [-0.05, 0) is 43.1 Å². The Hall–Kier alpha value is -3.19. The first-order chi connectivity index (χ1) is 15.8. The van der Waals surface area contributed by atoms with Crippen molar-refractivity contribution in [3.05, 3.63) is 78.9 Å². The molecule has 0 spiro atoms. The number of furan rings is 1. The SMILES string of the molecule is Cl.NCc1ccc(-c2ncc(OC3CCNCC3)nc2-c2ccc(-c3ccoc3)cc2)cc1. The van der Waals surface area contributed by atoms with Crippen LogP contribution in [0.2, 0.25) is 0 Å². The number of hydrogen-bond acceptors (Lipinski definition) is 6. The molecule has 0 saturated carbocycles. The molecule has 7 heteroatoms. The molecule has 0 unspecified atom stereocenters. The second kappa shape index (κ2) is 10.6. The number of rotatable bonds is 6. The number of piperidine rings is 1. The highest BCUT2D eigenvalue weighted by atomic mass is 35.5. The Morgan fingerprint density at radius 3 is 2.21 bits per heavy atom. The first-order valence-electron chi connectivity index (χ1n) is 11.0. The zero-order valence-corrected chi connectivity index (χ0v) is 19.1. The summed E-state index contributed by atoms with van der Waals surface area (Å²) in [7, 11) is 0. The van der Waals surface area contributed by atoms with Gasteiger partial charge in [-0.2, -0.15) is 0 Å². The standard InChI is InChI=1S/C26H26N4O2.ClH/c27-15-18-1-3-20(4-2-18)25-26(21-7-5-19(6-8-21)22-11-14-31-17-22)30-24(16-29-25)32-23-9-12-28-13-10-23;/h1-8,11,14,16-17,23,28H,9-10,12-13,15,27H2;1H. The van der Waals surface area contributed by atoms with Gasteiger partial charge < -0.3 is 20.2 Å². The summed E-state index contributed by atoms with van der Waals surface area (Å²) >= 11 is 0. The van der Waals surface area contributed by atoms with E-state index in [1.165, 1.54) is 0 Å². The molecule has 6 nitrogen and oxygen atoms in total. The van der Waals surface area contributed by atoms with E-state index in [0.29, 0.717) is 12.4 Å². The second-order valence-corrected chi connectivity index (χ2v) is 7.96. The third-order valence-corrected chi connectivity index (χ3v) is 5.80. The minimum Gasteiger partial charge on any atom is -0.473 e. The lowest BCUT2D eigenvalue weighted by molar-refractivity contribution is 0.155. The molecule has 0 aliphatic carbocycles. The zero-order valence-electron chi connectivity index (χ0n) is 18.2. The number of halogens is 1. The topological polar surface area (TPSA) is 86.2 Å². The summed E-state index contributed by atoms with van der Waals surface area (Å²) in [4.78, 5) is 9.67. The average molecular weight is 463 g/mol. The maximum absolute atomic E-state index is 6.18. The van der Waals surface area contributed by atoms with Crippen LogP contribution in [0.25, 0.3) is 33.6 Å². The largest absolute Gasteiger partial charge is 0.473 e. The Morgan fingerprint density at radius 2 is 1.55 bits per heavy atom. The molecule has 1 aliphatic rings. The van der Waals surface area contributed by atoms with E-state index in [1.54, 1.807) is 18.7 Å². The van der Waals surface area contributed by atoms with Gasteiger partial charge in [0.05, 0.1) is 24.4 Å². The van der Waals surface area contributed by atoms with E-state index in [0.717, 1.165) is 65.1 Å². The molecular weight excluding hydrogens is 436 g/mol. The Bertz CT molecular complexity index is 1160. The van der Waals surface area contributed by atoms with Crippen LogP contribution in [0.1, 0.15) is 18.4 Å². The summed E-state index contributed by atoms with van der Waals surface area (Å²) in [6.45, 7) is 2.44. The van der Waals surface area contributed by atoms with Crippen molar-refractivity contribution < 1.29 is 9.15 Å². The first-order valence-corrected chi connectivity index (χ1v) is 11.0. The highest BCUT2D eigenvalue weighted by molar-refractivity contribution is 5.85. The third-order valence-electron chi connectivity index (χ3n) is 5.80. The molecule has 33 heavy (non-hydrogen) atoms. The minimum absolute atomic E-state index is 0. The van der Waals surface area contributed by atoms with E-state index < -0.39 is 0 Å². The highest BCUT2D eigenvalue weighted by Crippen LogP contribution is 2.32. The Balaban J connectivity index is 0.00000259. The second-order valence-electron chi connectivity index (χ2n) is 7.96.